The van der Waals surface area contributed by atoms with E-state index in [9.17, 15) is 14.4 Å². The summed E-state index contributed by atoms with van der Waals surface area (Å²) in [7, 11) is 0. The van der Waals surface area contributed by atoms with Gasteiger partial charge < -0.3 is 14.2 Å². The minimum Gasteiger partial charge on any atom is -0.462 e. The van der Waals surface area contributed by atoms with Crippen LogP contribution in [0.5, 0.6) is 0 Å². The van der Waals surface area contributed by atoms with Gasteiger partial charge in [-0.3, -0.25) is 14.4 Å². The fourth-order valence-corrected chi connectivity index (χ4v) is 9.47. The van der Waals surface area contributed by atoms with E-state index in [1.807, 2.05) is 0 Å². The summed E-state index contributed by atoms with van der Waals surface area (Å²) in [5.41, 5.74) is 0. The molecule has 3 atom stereocenters. The zero-order chi connectivity index (χ0) is 49.8. The van der Waals surface area contributed by atoms with Crippen molar-refractivity contribution in [3.05, 3.63) is 0 Å². The predicted molar refractivity (Wildman–Crippen MR) is 293 cm³/mol. The summed E-state index contributed by atoms with van der Waals surface area (Å²) in [5, 5.41) is 0. The Labute approximate surface area is 425 Å². The molecule has 0 saturated carbocycles. The first-order valence-electron chi connectivity index (χ1n) is 30.7. The molecule has 6 nitrogen and oxygen atoms in total. The van der Waals surface area contributed by atoms with E-state index in [1.54, 1.807) is 0 Å². The molecule has 0 fully saturated rings. The van der Waals surface area contributed by atoms with Crippen molar-refractivity contribution in [2.45, 2.75) is 349 Å². The summed E-state index contributed by atoms with van der Waals surface area (Å²) in [6.45, 7) is 13.9. The van der Waals surface area contributed by atoms with Crippen LogP contribution in [0.3, 0.4) is 0 Å². The van der Waals surface area contributed by atoms with E-state index >= 15 is 0 Å². The van der Waals surface area contributed by atoms with Crippen LogP contribution in [0.2, 0.25) is 0 Å². The lowest BCUT2D eigenvalue weighted by atomic mass is 9.99. The van der Waals surface area contributed by atoms with E-state index in [4.69, 9.17) is 14.2 Å². The standard InChI is InChI=1S/C62H120O6/c1-7-57(5)49-43-37-31-25-19-13-9-11-15-21-27-33-39-45-51-60(63)66-54-59(55-67-61(64)52-46-40-34-28-23-17-18-24-30-36-42-48-56(3)4)68-62(65)53-47-41-35-29-22-16-12-10-14-20-26-32-38-44-50-58(6)8-2/h56-59H,7-55H2,1-6H3/t57?,58?,59-/m1/s1. The van der Waals surface area contributed by atoms with Crippen molar-refractivity contribution in [3.63, 3.8) is 0 Å². The molecule has 0 aliphatic heterocycles. The lowest BCUT2D eigenvalue weighted by Crippen LogP contribution is -2.30. The Morgan fingerprint density at radius 1 is 0.294 bits per heavy atom. The van der Waals surface area contributed by atoms with Crippen molar-refractivity contribution in [3.8, 4) is 0 Å². The molecule has 0 aromatic rings. The molecule has 2 unspecified atom stereocenters. The summed E-state index contributed by atoms with van der Waals surface area (Å²) >= 11 is 0. The third kappa shape index (κ3) is 52.2. The molecule has 0 aromatic heterocycles. The highest BCUT2D eigenvalue weighted by Gasteiger charge is 2.19. The van der Waals surface area contributed by atoms with E-state index in [2.05, 4.69) is 41.5 Å². The molecule has 6 heteroatoms. The molecule has 0 bridgehead atoms. The highest BCUT2D eigenvalue weighted by atomic mass is 16.6. The Kier molecular flexibility index (Phi) is 52.0. The molecule has 0 saturated heterocycles. The number of carbonyl (C=O) groups excluding carboxylic acids is 3. The molecule has 0 aromatic carbocycles. The molecule has 0 N–H and O–H groups in total. The van der Waals surface area contributed by atoms with Crippen molar-refractivity contribution >= 4 is 17.9 Å². The Balaban J connectivity index is 4.30. The van der Waals surface area contributed by atoms with Gasteiger partial charge in [0.25, 0.3) is 0 Å². The number of hydrogen-bond acceptors (Lipinski definition) is 6. The predicted octanol–water partition coefficient (Wildman–Crippen LogP) is 20.3. The van der Waals surface area contributed by atoms with Gasteiger partial charge in [0.2, 0.25) is 0 Å². The SMILES string of the molecule is CCC(C)CCCCCCCCCCCCCCCCC(=O)OC[C@H](COC(=O)CCCCCCCCCCCCCC(C)C)OC(=O)CCCCCCCCCCCCCCCCC(C)CC. The van der Waals surface area contributed by atoms with Crippen LogP contribution < -0.4 is 0 Å². The van der Waals surface area contributed by atoms with E-state index < -0.39 is 6.10 Å². The molecular formula is C62H120O6. The summed E-state index contributed by atoms with van der Waals surface area (Å²) in [6.07, 6.45) is 56.5. The van der Waals surface area contributed by atoms with Crippen molar-refractivity contribution in [1.82, 2.24) is 0 Å². The van der Waals surface area contributed by atoms with Crippen molar-refractivity contribution < 1.29 is 28.6 Å². The first-order valence-corrected chi connectivity index (χ1v) is 30.7. The van der Waals surface area contributed by atoms with Gasteiger partial charge in [0.05, 0.1) is 0 Å². The number of unbranched alkanes of at least 4 members (excludes halogenated alkanes) is 36. The monoisotopic (exact) mass is 961 g/mol. The Morgan fingerprint density at radius 2 is 0.515 bits per heavy atom. The van der Waals surface area contributed by atoms with Gasteiger partial charge in [-0.1, -0.05) is 305 Å². The number of ether oxygens (including phenoxy) is 3. The van der Waals surface area contributed by atoms with Crippen LogP contribution in [0, 0.1) is 17.8 Å². The van der Waals surface area contributed by atoms with Crippen LogP contribution in [0.15, 0.2) is 0 Å². The first-order chi connectivity index (χ1) is 33.2. The zero-order valence-corrected chi connectivity index (χ0v) is 46.9. The molecule has 404 valence electrons. The highest BCUT2D eigenvalue weighted by Crippen LogP contribution is 2.19. The highest BCUT2D eigenvalue weighted by molar-refractivity contribution is 5.71. The van der Waals surface area contributed by atoms with Gasteiger partial charge in [0.1, 0.15) is 13.2 Å². The summed E-state index contributed by atoms with van der Waals surface area (Å²) < 4.78 is 16.9. The van der Waals surface area contributed by atoms with E-state index in [0.29, 0.717) is 19.3 Å². The van der Waals surface area contributed by atoms with Crippen molar-refractivity contribution in [1.29, 1.82) is 0 Å². The molecule has 0 heterocycles. The van der Waals surface area contributed by atoms with Gasteiger partial charge in [-0.2, -0.15) is 0 Å². The average Bonchev–Trinajstić information content (AvgIpc) is 3.33. The Morgan fingerprint density at radius 3 is 0.765 bits per heavy atom. The smallest absolute Gasteiger partial charge is 0.306 e. The van der Waals surface area contributed by atoms with Crippen LogP contribution in [-0.4, -0.2) is 37.2 Å². The van der Waals surface area contributed by atoms with Crippen LogP contribution in [0.25, 0.3) is 0 Å². The fraction of sp³-hybridized carbons (Fsp3) is 0.952. The zero-order valence-electron chi connectivity index (χ0n) is 46.9. The molecule has 0 rings (SSSR count). The van der Waals surface area contributed by atoms with Gasteiger partial charge in [0.15, 0.2) is 6.10 Å². The second kappa shape index (κ2) is 53.2. The number of rotatable bonds is 55. The van der Waals surface area contributed by atoms with E-state index in [0.717, 1.165) is 75.5 Å². The molecule has 0 spiro atoms. The minimum atomic E-state index is -0.764. The maximum absolute atomic E-state index is 12.9. The summed E-state index contributed by atoms with van der Waals surface area (Å²) in [4.78, 5) is 38.2. The van der Waals surface area contributed by atoms with Crippen LogP contribution in [0.1, 0.15) is 343 Å². The molecule has 0 aliphatic carbocycles. The maximum atomic E-state index is 12.9. The third-order valence-corrected chi connectivity index (χ3v) is 14.9. The minimum absolute atomic E-state index is 0.0631. The lowest BCUT2D eigenvalue weighted by Gasteiger charge is -2.18. The van der Waals surface area contributed by atoms with Gasteiger partial charge in [-0.15, -0.1) is 0 Å². The maximum Gasteiger partial charge on any atom is 0.306 e. The summed E-state index contributed by atoms with van der Waals surface area (Å²) in [6, 6.07) is 0. The Bertz CT molecular complexity index is 1060. The fourth-order valence-electron chi connectivity index (χ4n) is 9.47. The normalized spacial score (nSPS) is 12.9. The number of carbonyl (C=O) groups is 3. The van der Waals surface area contributed by atoms with Crippen LogP contribution in [-0.2, 0) is 28.6 Å². The molecular weight excluding hydrogens is 841 g/mol. The second-order valence-corrected chi connectivity index (χ2v) is 22.3. The molecule has 0 amide bonds. The van der Waals surface area contributed by atoms with Crippen molar-refractivity contribution in [2.75, 3.05) is 13.2 Å². The van der Waals surface area contributed by atoms with Gasteiger partial charge in [0, 0.05) is 19.3 Å². The van der Waals surface area contributed by atoms with Gasteiger partial charge >= 0.3 is 17.9 Å². The molecule has 68 heavy (non-hydrogen) atoms. The quantitative estimate of drug-likeness (QED) is 0.0343. The lowest BCUT2D eigenvalue weighted by molar-refractivity contribution is -0.167. The van der Waals surface area contributed by atoms with Gasteiger partial charge in [-0.05, 0) is 37.0 Å². The summed E-state index contributed by atoms with van der Waals surface area (Å²) in [5.74, 6) is 1.78. The third-order valence-electron chi connectivity index (χ3n) is 14.9. The van der Waals surface area contributed by atoms with Crippen LogP contribution >= 0.6 is 0 Å². The molecule has 0 radical (unpaired) electrons. The molecule has 0 aliphatic rings. The first kappa shape index (κ1) is 66.4. The largest absolute Gasteiger partial charge is 0.462 e. The van der Waals surface area contributed by atoms with Crippen molar-refractivity contribution in [2.24, 2.45) is 17.8 Å². The van der Waals surface area contributed by atoms with E-state index in [-0.39, 0.29) is 31.1 Å². The second-order valence-electron chi connectivity index (χ2n) is 22.3. The number of hydrogen-bond donors (Lipinski definition) is 0. The van der Waals surface area contributed by atoms with E-state index in [1.165, 1.54) is 225 Å². The van der Waals surface area contributed by atoms with Gasteiger partial charge in [-0.25, -0.2) is 0 Å². The van der Waals surface area contributed by atoms with Crippen LogP contribution in [0.4, 0.5) is 0 Å². The topological polar surface area (TPSA) is 78.9 Å². The Hall–Kier alpha value is -1.59. The number of esters is 3. The average molecular weight is 962 g/mol.